The van der Waals surface area contributed by atoms with Crippen LogP contribution in [0.15, 0.2) is 4.79 Å². The number of nitrogens with one attached hydrogen (secondary N) is 1. The summed E-state index contributed by atoms with van der Waals surface area (Å²) in [7, 11) is 0. The van der Waals surface area contributed by atoms with Crippen LogP contribution in [0.3, 0.4) is 0 Å². The summed E-state index contributed by atoms with van der Waals surface area (Å²) in [6.07, 6.45) is 10.2. The van der Waals surface area contributed by atoms with Crippen molar-refractivity contribution >= 4 is 11.8 Å². The molecule has 1 saturated carbocycles. The number of aromatic nitrogens is 2. The lowest BCUT2D eigenvalue weighted by Gasteiger charge is -2.36. The number of nitrogens with zero attached hydrogens (tertiary/aromatic N) is 3. The molecule has 2 fully saturated rings. The van der Waals surface area contributed by atoms with E-state index < -0.39 is 0 Å². The Labute approximate surface area is 178 Å². The number of piperidine rings is 1. The first-order valence-electron chi connectivity index (χ1n) is 11.8. The Hall–Kier alpha value is -2.18. The predicted octanol–water partition coefficient (Wildman–Crippen LogP) is 3.09. The molecule has 0 radical (unpaired) electrons. The standard InChI is InChI=1S/C23H34N4O3/c1-2-8-20(28)27-13-7-6-11-19(27)21-24-18-12-14-26(15-17(18)22(29)25-21)23(30)16-9-4-3-5-10-16/h16,19H,2-15H2,1H3,(H,24,25,29)/t19-/m1/s1. The Bertz CT molecular complexity index is 843. The molecule has 1 N–H and O–H groups in total. The first-order valence-corrected chi connectivity index (χ1v) is 11.8. The van der Waals surface area contributed by atoms with Crippen molar-refractivity contribution < 1.29 is 9.59 Å². The highest BCUT2D eigenvalue weighted by Gasteiger charge is 2.33. The number of likely N-dealkylation sites (tertiary alicyclic amines) is 1. The predicted molar refractivity (Wildman–Crippen MR) is 114 cm³/mol. The van der Waals surface area contributed by atoms with Gasteiger partial charge in [0.25, 0.3) is 5.56 Å². The number of aromatic amines is 1. The van der Waals surface area contributed by atoms with E-state index in [1.807, 2.05) is 16.7 Å². The van der Waals surface area contributed by atoms with E-state index in [9.17, 15) is 14.4 Å². The number of H-pyrrole nitrogens is 1. The maximum absolute atomic E-state index is 12.9. The van der Waals surface area contributed by atoms with Gasteiger partial charge in [-0.1, -0.05) is 26.2 Å². The fourth-order valence-corrected chi connectivity index (χ4v) is 5.27. The minimum absolute atomic E-state index is 0.118. The van der Waals surface area contributed by atoms with Gasteiger partial charge in [0.2, 0.25) is 11.8 Å². The molecule has 0 unspecified atom stereocenters. The Morgan fingerprint density at radius 3 is 2.60 bits per heavy atom. The van der Waals surface area contributed by atoms with E-state index in [0.717, 1.165) is 63.6 Å². The number of carbonyl (C=O) groups is 2. The Morgan fingerprint density at radius 2 is 1.83 bits per heavy atom. The van der Waals surface area contributed by atoms with E-state index >= 15 is 0 Å². The lowest BCUT2D eigenvalue weighted by atomic mass is 9.88. The zero-order valence-electron chi connectivity index (χ0n) is 18.1. The quantitative estimate of drug-likeness (QED) is 0.820. The maximum Gasteiger partial charge on any atom is 0.256 e. The van der Waals surface area contributed by atoms with Gasteiger partial charge in [-0.05, 0) is 38.5 Å². The van der Waals surface area contributed by atoms with Gasteiger partial charge in [0, 0.05) is 31.8 Å². The number of carbonyl (C=O) groups excluding carboxylic acids is 2. The van der Waals surface area contributed by atoms with Crippen molar-refractivity contribution in [1.29, 1.82) is 0 Å². The van der Waals surface area contributed by atoms with Gasteiger partial charge in [0.05, 0.1) is 23.8 Å². The molecule has 164 valence electrons. The van der Waals surface area contributed by atoms with Crippen LogP contribution in [0.2, 0.25) is 0 Å². The molecule has 2 amide bonds. The lowest BCUT2D eigenvalue weighted by molar-refractivity contribution is -0.137. The van der Waals surface area contributed by atoms with Crippen molar-refractivity contribution in [1.82, 2.24) is 19.8 Å². The summed E-state index contributed by atoms with van der Waals surface area (Å²) in [5.74, 6) is 1.08. The van der Waals surface area contributed by atoms with Gasteiger partial charge < -0.3 is 14.8 Å². The molecule has 0 aromatic carbocycles. The fourth-order valence-electron chi connectivity index (χ4n) is 5.27. The summed E-state index contributed by atoms with van der Waals surface area (Å²) in [6, 6.07) is -0.141. The highest BCUT2D eigenvalue weighted by atomic mass is 16.2. The molecule has 0 spiro atoms. The molecule has 2 aliphatic heterocycles. The van der Waals surface area contributed by atoms with Crippen molar-refractivity contribution in [2.45, 2.75) is 90.1 Å². The Balaban J connectivity index is 1.53. The van der Waals surface area contributed by atoms with Crippen molar-refractivity contribution in [2.24, 2.45) is 5.92 Å². The smallest absolute Gasteiger partial charge is 0.256 e. The molecular weight excluding hydrogens is 380 g/mol. The monoisotopic (exact) mass is 414 g/mol. The first kappa shape index (κ1) is 21.1. The molecular formula is C23H34N4O3. The third-order valence-electron chi connectivity index (χ3n) is 6.96. The molecule has 1 atom stereocenters. The third-order valence-corrected chi connectivity index (χ3v) is 6.96. The van der Waals surface area contributed by atoms with Crippen molar-refractivity contribution in [3.63, 3.8) is 0 Å². The molecule has 1 saturated heterocycles. The molecule has 1 aromatic heterocycles. The summed E-state index contributed by atoms with van der Waals surface area (Å²) in [5, 5.41) is 0. The van der Waals surface area contributed by atoms with Crippen LogP contribution in [0, 0.1) is 5.92 Å². The third kappa shape index (κ3) is 4.30. The normalized spacial score (nSPS) is 22.6. The number of fused-ring (bicyclic) bond motifs is 1. The molecule has 7 heteroatoms. The van der Waals surface area contributed by atoms with E-state index in [1.165, 1.54) is 6.42 Å². The SMILES string of the molecule is CCCC(=O)N1CCCC[C@@H]1c1nc2c(c(=O)[nH]1)CN(C(=O)C1CCCCC1)CC2. The minimum Gasteiger partial charge on any atom is -0.337 e. The molecule has 30 heavy (non-hydrogen) atoms. The van der Waals surface area contributed by atoms with E-state index in [-0.39, 0.29) is 29.3 Å². The Kier molecular flexibility index (Phi) is 6.54. The van der Waals surface area contributed by atoms with Crippen molar-refractivity contribution in [3.05, 3.63) is 27.4 Å². The zero-order valence-corrected chi connectivity index (χ0v) is 18.1. The van der Waals surface area contributed by atoms with Gasteiger partial charge in [-0.15, -0.1) is 0 Å². The summed E-state index contributed by atoms with van der Waals surface area (Å²) in [5.41, 5.74) is 1.27. The minimum atomic E-state index is -0.149. The molecule has 3 heterocycles. The number of rotatable bonds is 4. The summed E-state index contributed by atoms with van der Waals surface area (Å²) in [4.78, 5) is 50.0. The second-order valence-electron chi connectivity index (χ2n) is 9.07. The van der Waals surface area contributed by atoms with Gasteiger partial charge in [0.1, 0.15) is 5.82 Å². The average Bonchev–Trinajstić information content (AvgIpc) is 2.79. The molecule has 7 nitrogen and oxygen atoms in total. The van der Waals surface area contributed by atoms with Crippen LogP contribution < -0.4 is 5.56 Å². The molecule has 1 aromatic rings. The van der Waals surface area contributed by atoms with Crippen LogP contribution >= 0.6 is 0 Å². The lowest BCUT2D eigenvalue weighted by Crippen LogP contribution is -2.44. The van der Waals surface area contributed by atoms with Crippen LogP contribution in [-0.2, 0) is 22.6 Å². The van der Waals surface area contributed by atoms with Crippen molar-refractivity contribution in [3.8, 4) is 0 Å². The van der Waals surface area contributed by atoms with Gasteiger partial charge in [0.15, 0.2) is 0 Å². The number of hydrogen-bond donors (Lipinski definition) is 1. The largest absolute Gasteiger partial charge is 0.337 e. The number of hydrogen-bond acceptors (Lipinski definition) is 4. The maximum atomic E-state index is 12.9. The molecule has 3 aliphatic rings. The van der Waals surface area contributed by atoms with Gasteiger partial charge in [-0.2, -0.15) is 0 Å². The average molecular weight is 415 g/mol. The highest BCUT2D eigenvalue weighted by molar-refractivity contribution is 5.79. The van der Waals surface area contributed by atoms with E-state index in [0.29, 0.717) is 37.3 Å². The van der Waals surface area contributed by atoms with E-state index in [2.05, 4.69) is 4.98 Å². The topological polar surface area (TPSA) is 86.4 Å². The van der Waals surface area contributed by atoms with Crippen molar-refractivity contribution in [2.75, 3.05) is 13.1 Å². The second kappa shape index (κ2) is 9.31. The summed E-state index contributed by atoms with van der Waals surface area (Å²) in [6.45, 7) is 3.72. The van der Waals surface area contributed by atoms with Gasteiger partial charge in [-0.25, -0.2) is 4.98 Å². The summed E-state index contributed by atoms with van der Waals surface area (Å²) < 4.78 is 0. The zero-order chi connectivity index (χ0) is 21.1. The van der Waals surface area contributed by atoms with Crippen LogP contribution in [0.5, 0.6) is 0 Å². The van der Waals surface area contributed by atoms with Gasteiger partial charge in [-0.3, -0.25) is 14.4 Å². The van der Waals surface area contributed by atoms with Crippen LogP contribution in [0.1, 0.15) is 94.3 Å². The van der Waals surface area contributed by atoms with Crippen LogP contribution in [-0.4, -0.2) is 44.7 Å². The first-order chi connectivity index (χ1) is 14.6. The highest BCUT2D eigenvalue weighted by Crippen LogP contribution is 2.31. The molecule has 4 rings (SSSR count). The molecule has 0 bridgehead atoms. The fraction of sp³-hybridized carbons (Fsp3) is 0.739. The van der Waals surface area contributed by atoms with E-state index in [1.54, 1.807) is 0 Å². The van der Waals surface area contributed by atoms with E-state index in [4.69, 9.17) is 4.98 Å². The Morgan fingerprint density at radius 1 is 1.07 bits per heavy atom. The van der Waals surface area contributed by atoms with Gasteiger partial charge >= 0.3 is 0 Å². The van der Waals surface area contributed by atoms with Crippen LogP contribution in [0.4, 0.5) is 0 Å². The number of amides is 2. The second-order valence-corrected chi connectivity index (χ2v) is 9.07. The van der Waals surface area contributed by atoms with Crippen LogP contribution in [0.25, 0.3) is 0 Å². The summed E-state index contributed by atoms with van der Waals surface area (Å²) >= 11 is 0. The molecule has 1 aliphatic carbocycles.